The number of carbonyl (C=O) groups excluding carboxylic acids is 2. The fourth-order valence-electron chi connectivity index (χ4n) is 2.12. The van der Waals surface area contributed by atoms with Gasteiger partial charge >= 0.3 is 0 Å². The molecule has 4 nitrogen and oxygen atoms in total. The SMILES string of the molecule is CCN1C(=O)C(C)NC(=O)C1C1CC1. The van der Waals surface area contributed by atoms with Crippen molar-refractivity contribution in [1.82, 2.24) is 10.2 Å². The van der Waals surface area contributed by atoms with E-state index in [1.807, 2.05) is 6.92 Å². The van der Waals surface area contributed by atoms with E-state index in [9.17, 15) is 9.59 Å². The van der Waals surface area contributed by atoms with Crippen LogP contribution in [0.1, 0.15) is 26.7 Å². The minimum atomic E-state index is -0.350. The van der Waals surface area contributed by atoms with E-state index in [2.05, 4.69) is 5.32 Å². The van der Waals surface area contributed by atoms with E-state index >= 15 is 0 Å². The zero-order valence-electron chi connectivity index (χ0n) is 8.62. The van der Waals surface area contributed by atoms with E-state index in [-0.39, 0.29) is 23.9 Å². The van der Waals surface area contributed by atoms with Crippen LogP contribution in [-0.2, 0) is 9.59 Å². The van der Waals surface area contributed by atoms with Crippen LogP contribution in [0.15, 0.2) is 0 Å². The molecule has 2 fully saturated rings. The van der Waals surface area contributed by atoms with Crippen LogP contribution in [0.3, 0.4) is 0 Å². The van der Waals surface area contributed by atoms with Crippen LogP contribution in [0.4, 0.5) is 0 Å². The number of hydrogen-bond donors (Lipinski definition) is 1. The minimum Gasteiger partial charge on any atom is -0.343 e. The Morgan fingerprint density at radius 3 is 2.57 bits per heavy atom. The third-order valence-corrected chi connectivity index (χ3v) is 3.03. The molecule has 1 saturated heterocycles. The van der Waals surface area contributed by atoms with Crippen molar-refractivity contribution in [3.05, 3.63) is 0 Å². The maximum atomic E-state index is 11.8. The number of carbonyl (C=O) groups is 2. The fourth-order valence-corrected chi connectivity index (χ4v) is 2.12. The largest absolute Gasteiger partial charge is 0.343 e. The molecule has 1 heterocycles. The van der Waals surface area contributed by atoms with Gasteiger partial charge in [0.05, 0.1) is 0 Å². The molecule has 0 aromatic carbocycles. The van der Waals surface area contributed by atoms with Gasteiger partial charge in [0, 0.05) is 6.54 Å². The highest BCUT2D eigenvalue weighted by Gasteiger charge is 2.45. The second-order valence-electron chi connectivity index (χ2n) is 4.14. The molecular weight excluding hydrogens is 180 g/mol. The molecule has 2 rings (SSSR count). The number of rotatable bonds is 2. The molecule has 0 bridgehead atoms. The molecule has 2 unspecified atom stereocenters. The average Bonchev–Trinajstić information content (AvgIpc) is 2.94. The van der Waals surface area contributed by atoms with E-state index in [1.54, 1.807) is 11.8 Å². The summed E-state index contributed by atoms with van der Waals surface area (Å²) in [7, 11) is 0. The molecule has 1 N–H and O–H groups in total. The first-order valence-electron chi connectivity index (χ1n) is 5.26. The maximum absolute atomic E-state index is 11.8. The predicted octanol–water partition coefficient (Wildman–Crippen LogP) is 0.132. The van der Waals surface area contributed by atoms with Gasteiger partial charge in [-0.05, 0) is 32.6 Å². The topological polar surface area (TPSA) is 49.4 Å². The highest BCUT2D eigenvalue weighted by Crippen LogP contribution is 2.36. The first-order chi connectivity index (χ1) is 6.65. The van der Waals surface area contributed by atoms with Crippen LogP contribution in [0.25, 0.3) is 0 Å². The second-order valence-corrected chi connectivity index (χ2v) is 4.14. The van der Waals surface area contributed by atoms with Crippen molar-refractivity contribution >= 4 is 11.8 Å². The quantitative estimate of drug-likeness (QED) is 0.682. The molecule has 14 heavy (non-hydrogen) atoms. The lowest BCUT2D eigenvalue weighted by atomic mass is 10.0. The highest BCUT2D eigenvalue weighted by atomic mass is 16.2. The number of hydrogen-bond acceptors (Lipinski definition) is 2. The van der Waals surface area contributed by atoms with Gasteiger partial charge in [0.1, 0.15) is 12.1 Å². The first-order valence-corrected chi connectivity index (χ1v) is 5.26. The van der Waals surface area contributed by atoms with Crippen LogP contribution >= 0.6 is 0 Å². The van der Waals surface area contributed by atoms with Crippen LogP contribution in [0.2, 0.25) is 0 Å². The molecule has 1 aliphatic carbocycles. The molecule has 78 valence electrons. The molecule has 0 radical (unpaired) electrons. The summed E-state index contributed by atoms with van der Waals surface area (Å²) in [5.74, 6) is 0.497. The molecule has 0 aromatic heterocycles. The summed E-state index contributed by atoms with van der Waals surface area (Å²) in [4.78, 5) is 25.2. The Hall–Kier alpha value is -1.06. The molecule has 2 amide bonds. The van der Waals surface area contributed by atoms with Gasteiger partial charge in [0.15, 0.2) is 0 Å². The van der Waals surface area contributed by atoms with Crippen molar-refractivity contribution in [2.45, 2.75) is 38.8 Å². The van der Waals surface area contributed by atoms with E-state index in [4.69, 9.17) is 0 Å². The molecule has 0 spiro atoms. The number of likely N-dealkylation sites (N-methyl/N-ethyl adjacent to an activating group) is 1. The van der Waals surface area contributed by atoms with Gasteiger partial charge in [-0.3, -0.25) is 9.59 Å². The summed E-state index contributed by atoms with van der Waals surface area (Å²) in [5.41, 5.74) is 0. The van der Waals surface area contributed by atoms with E-state index in [1.165, 1.54) is 0 Å². The second kappa shape index (κ2) is 3.26. The van der Waals surface area contributed by atoms with Gasteiger partial charge in [-0.25, -0.2) is 0 Å². The summed E-state index contributed by atoms with van der Waals surface area (Å²) in [6, 6.07) is -0.541. The summed E-state index contributed by atoms with van der Waals surface area (Å²) >= 11 is 0. The number of amides is 2. The van der Waals surface area contributed by atoms with Crippen LogP contribution in [-0.4, -0.2) is 35.3 Å². The monoisotopic (exact) mass is 196 g/mol. The Morgan fingerprint density at radius 1 is 1.43 bits per heavy atom. The predicted molar refractivity (Wildman–Crippen MR) is 51.5 cm³/mol. The summed E-state index contributed by atoms with van der Waals surface area (Å²) in [6.45, 7) is 4.31. The first kappa shape index (κ1) is 9.49. The summed E-state index contributed by atoms with van der Waals surface area (Å²) in [6.07, 6.45) is 2.16. The van der Waals surface area contributed by atoms with E-state index in [0.717, 1.165) is 12.8 Å². The van der Waals surface area contributed by atoms with Crippen molar-refractivity contribution in [2.24, 2.45) is 5.92 Å². The van der Waals surface area contributed by atoms with E-state index < -0.39 is 0 Å². The smallest absolute Gasteiger partial charge is 0.245 e. The third-order valence-electron chi connectivity index (χ3n) is 3.03. The van der Waals surface area contributed by atoms with Gasteiger partial charge < -0.3 is 10.2 Å². The van der Waals surface area contributed by atoms with Gasteiger partial charge in [-0.2, -0.15) is 0 Å². The summed E-state index contributed by atoms with van der Waals surface area (Å²) in [5, 5.41) is 2.73. The van der Waals surface area contributed by atoms with Crippen LogP contribution in [0, 0.1) is 5.92 Å². The lowest BCUT2D eigenvalue weighted by molar-refractivity contribution is -0.149. The average molecular weight is 196 g/mol. The van der Waals surface area contributed by atoms with Crippen molar-refractivity contribution in [1.29, 1.82) is 0 Å². The van der Waals surface area contributed by atoms with Crippen molar-refractivity contribution in [3.63, 3.8) is 0 Å². The Kier molecular flexibility index (Phi) is 2.21. The van der Waals surface area contributed by atoms with Crippen molar-refractivity contribution in [2.75, 3.05) is 6.54 Å². The number of piperazine rings is 1. The molecule has 1 saturated carbocycles. The Bertz CT molecular complexity index is 273. The normalized spacial score (nSPS) is 33.1. The fraction of sp³-hybridized carbons (Fsp3) is 0.800. The zero-order chi connectivity index (χ0) is 10.3. The van der Waals surface area contributed by atoms with Gasteiger partial charge in [-0.15, -0.1) is 0 Å². The molecule has 2 aliphatic rings. The van der Waals surface area contributed by atoms with Crippen LogP contribution < -0.4 is 5.32 Å². The third kappa shape index (κ3) is 1.38. The lowest BCUT2D eigenvalue weighted by Gasteiger charge is -2.37. The molecule has 2 atom stereocenters. The summed E-state index contributed by atoms with van der Waals surface area (Å²) < 4.78 is 0. The van der Waals surface area contributed by atoms with Gasteiger partial charge in [-0.1, -0.05) is 0 Å². The molecule has 0 aromatic rings. The number of nitrogens with zero attached hydrogens (tertiary/aromatic N) is 1. The van der Waals surface area contributed by atoms with Crippen molar-refractivity contribution in [3.8, 4) is 0 Å². The van der Waals surface area contributed by atoms with Crippen LogP contribution in [0.5, 0.6) is 0 Å². The minimum absolute atomic E-state index is 0.0291. The Morgan fingerprint density at radius 2 is 2.07 bits per heavy atom. The highest BCUT2D eigenvalue weighted by molar-refractivity contribution is 5.97. The van der Waals surface area contributed by atoms with Gasteiger partial charge in [0.25, 0.3) is 0 Å². The van der Waals surface area contributed by atoms with Crippen molar-refractivity contribution < 1.29 is 9.59 Å². The zero-order valence-corrected chi connectivity index (χ0v) is 8.62. The molecule has 4 heteroatoms. The van der Waals surface area contributed by atoms with E-state index in [0.29, 0.717) is 12.5 Å². The van der Waals surface area contributed by atoms with Gasteiger partial charge in [0.2, 0.25) is 11.8 Å². The Balaban J connectivity index is 2.19. The molecule has 1 aliphatic heterocycles. The maximum Gasteiger partial charge on any atom is 0.245 e. The molecular formula is C10H16N2O2. The standard InChI is InChI=1S/C10H16N2O2/c1-3-12-8(7-4-5-7)9(13)11-6(2)10(12)14/h6-8H,3-5H2,1-2H3,(H,11,13). The Labute approximate surface area is 83.6 Å². The lowest BCUT2D eigenvalue weighted by Crippen LogP contribution is -2.63. The number of nitrogens with one attached hydrogen (secondary N) is 1.